The molecule has 1 saturated heterocycles. The molecule has 1 heterocycles. The van der Waals surface area contributed by atoms with Crippen LogP contribution in [-0.2, 0) is 4.79 Å². The molecule has 0 saturated carbocycles. The average molecular weight is 522 g/mol. The van der Waals surface area contributed by atoms with Crippen molar-refractivity contribution in [2.75, 3.05) is 7.11 Å². The number of aromatic hydroxyl groups is 1. The van der Waals surface area contributed by atoms with Gasteiger partial charge in [0.15, 0.2) is 16.7 Å². The highest BCUT2D eigenvalue weighted by Gasteiger charge is 2.36. The summed E-state index contributed by atoms with van der Waals surface area (Å²) < 4.78 is 5.90. The van der Waals surface area contributed by atoms with E-state index in [2.05, 4.69) is 6.92 Å². The van der Waals surface area contributed by atoms with Crippen LogP contribution in [0.15, 0.2) is 46.3 Å². The summed E-state index contributed by atoms with van der Waals surface area (Å²) in [6.07, 6.45) is 2.65. The fourth-order valence-electron chi connectivity index (χ4n) is 2.85. The Morgan fingerprint density at radius 3 is 2.62 bits per heavy atom. The Hall–Kier alpha value is -2.00. The molecule has 1 aliphatic rings. The van der Waals surface area contributed by atoms with Gasteiger partial charge in [0.1, 0.15) is 0 Å². The zero-order valence-electron chi connectivity index (χ0n) is 16.8. The minimum absolute atomic E-state index is 0.0413. The number of aryl methyl sites for hydroxylation is 1. The molecule has 0 aromatic heterocycles. The zero-order valence-corrected chi connectivity index (χ0v) is 19.7. The van der Waals surface area contributed by atoms with Crippen molar-refractivity contribution < 1.29 is 14.6 Å². The van der Waals surface area contributed by atoms with Crippen molar-refractivity contribution in [3.63, 3.8) is 0 Å². The monoisotopic (exact) mass is 522 g/mol. The first kappa shape index (κ1) is 21.7. The van der Waals surface area contributed by atoms with Gasteiger partial charge in [-0.3, -0.25) is 9.69 Å². The lowest BCUT2D eigenvalue weighted by molar-refractivity contribution is -0.123. The van der Waals surface area contributed by atoms with Crippen LogP contribution >= 0.6 is 34.4 Å². The Labute approximate surface area is 189 Å². The fourth-order valence-corrected chi connectivity index (χ4v) is 4.56. The van der Waals surface area contributed by atoms with Crippen LogP contribution in [0.3, 0.4) is 0 Å². The van der Waals surface area contributed by atoms with Crippen molar-refractivity contribution in [1.82, 2.24) is 4.90 Å². The second kappa shape index (κ2) is 9.21. The highest BCUT2D eigenvalue weighted by molar-refractivity contribution is 14.1. The summed E-state index contributed by atoms with van der Waals surface area (Å²) in [4.78, 5) is 20.2. The van der Waals surface area contributed by atoms with Crippen LogP contribution < -0.4 is 4.74 Å². The number of carbonyl (C=O) groups excluding carboxylic acids is 1. The Balaban J connectivity index is 2.01. The van der Waals surface area contributed by atoms with Crippen molar-refractivity contribution >= 4 is 57.2 Å². The maximum absolute atomic E-state index is 13.1. The molecule has 3 rings (SSSR count). The molecule has 7 heteroatoms. The van der Waals surface area contributed by atoms with Gasteiger partial charge in [0.2, 0.25) is 0 Å². The van der Waals surface area contributed by atoms with E-state index in [0.29, 0.717) is 19.4 Å². The van der Waals surface area contributed by atoms with Gasteiger partial charge in [0.05, 0.1) is 21.3 Å². The van der Waals surface area contributed by atoms with E-state index in [4.69, 9.17) is 9.73 Å². The topological polar surface area (TPSA) is 62.1 Å². The van der Waals surface area contributed by atoms with Gasteiger partial charge in [-0.05, 0) is 90.5 Å². The van der Waals surface area contributed by atoms with Crippen LogP contribution in [0.1, 0.15) is 31.4 Å². The second-order valence-corrected chi connectivity index (χ2v) is 9.00. The molecule has 29 heavy (non-hydrogen) atoms. The minimum Gasteiger partial charge on any atom is -0.504 e. The molecule has 0 radical (unpaired) electrons. The van der Waals surface area contributed by atoms with E-state index in [-0.39, 0.29) is 17.7 Å². The number of amides is 1. The first-order chi connectivity index (χ1) is 13.8. The summed E-state index contributed by atoms with van der Waals surface area (Å²) in [6, 6.07) is 11.5. The average Bonchev–Trinajstić information content (AvgIpc) is 3.00. The third-order valence-corrected chi connectivity index (χ3v) is 6.50. The Morgan fingerprint density at radius 2 is 2.00 bits per heavy atom. The third-order valence-electron chi connectivity index (χ3n) is 4.70. The summed E-state index contributed by atoms with van der Waals surface area (Å²) in [5.41, 5.74) is 2.78. The smallest absolute Gasteiger partial charge is 0.266 e. The summed E-state index contributed by atoms with van der Waals surface area (Å²) in [5, 5.41) is 10.7. The molecule has 0 aliphatic carbocycles. The number of thioether (sulfide) groups is 1. The number of phenolic OH excluding ortho intramolecular Hbond substituents is 1. The number of benzene rings is 2. The molecule has 5 nitrogen and oxygen atoms in total. The number of hydrogen-bond acceptors (Lipinski definition) is 5. The first-order valence-corrected chi connectivity index (χ1v) is 11.2. The Kier molecular flexibility index (Phi) is 6.89. The SMILES string of the molecule is CC[C@@H](C)N1C(=O)/C(=C\c2cc(I)c(O)c(OC)c2)SC1=Nc1ccc(C)cc1. The number of aliphatic imine (C=N–C) groups is 1. The molecule has 1 N–H and O–H groups in total. The molecule has 1 fully saturated rings. The number of rotatable bonds is 5. The lowest BCUT2D eigenvalue weighted by Gasteiger charge is -2.22. The van der Waals surface area contributed by atoms with Gasteiger partial charge in [-0.1, -0.05) is 24.6 Å². The third kappa shape index (κ3) is 4.78. The maximum Gasteiger partial charge on any atom is 0.266 e. The molecule has 2 aromatic rings. The highest BCUT2D eigenvalue weighted by Crippen LogP contribution is 2.38. The standard InChI is InChI=1S/C22H23IN2O3S/c1-5-14(3)25-21(27)19(12-15-10-17(23)20(26)18(11-15)28-4)29-22(25)24-16-8-6-13(2)7-9-16/h6-12,14,26H,5H2,1-4H3/b19-12+,24-22?/t14-/m1/s1. The van der Waals surface area contributed by atoms with Gasteiger partial charge >= 0.3 is 0 Å². The summed E-state index contributed by atoms with van der Waals surface area (Å²) in [7, 11) is 1.51. The van der Waals surface area contributed by atoms with Crippen LogP contribution in [-0.4, -0.2) is 34.2 Å². The molecule has 1 atom stereocenters. The molecule has 0 unspecified atom stereocenters. The van der Waals surface area contributed by atoms with Gasteiger partial charge in [-0.2, -0.15) is 0 Å². The molecule has 2 aromatic carbocycles. The van der Waals surface area contributed by atoms with Crippen molar-refractivity contribution in [2.24, 2.45) is 4.99 Å². The Morgan fingerprint density at radius 1 is 1.31 bits per heavy atom. The van der Waals surface area contributed by atoms with E-state index in [1.807, 2.05) is 72.8 Å². The van der Waals surface area contributed by atoms with E-state index in [9.17, 15) is 9.90 Å². The predicted molar refractivity (Wildman–Crippen MR) is 128 cm³/mol. The van der Waals surface area contributed by atoms with Crippen molar-refractivity contribution in [1.29, 1.82) is 0 Å². The first-order valence-electron chi connectivity index (χ1n) is 9.29. The lowest BCUT2D eigenvalue weighted by Crippen LogP contribution is -2.36. The van der Waals surface area contributed by atoms with Crippen molar-refractivity contribution in [3.8, 4) is 11.5 Å². The summed E-state index contributed by atoms with van der Waals surface area (Å²) in [5.74, 6) is 0.423. The number of hydrogen-bond donors (Lipinski definition) is 1. The number of ether oxygens (including phenoxy) is 1. The van der Waals surface area contributed by atoms with E-state index >= 15 is 0 Å². The molecule has 0 bridgehead atoms. The van der Waals surface area contributed by atoms with Crippen molar-refractivity contribution in [3.05, 3.63) is 56.0 Å². The van der Waals surface area contributed by atoms with Gasteiger partial charge in [-0.25, -0.2) is 4.99 Å². The molecular weight excluding hydrogens is 499 g/mol. The van der Waals surface area contributed by atoms with E-state index in [1.165, 1.54) is 24.4 Å². The summed E-state index contributed by atoms with van der Waals surface area (Å²) >= 11 is 3.42. The molecule has 152 valence electrons. The van der Waals surface area contributed by atoms with Crippen LogP contribution in [0.4, 0.5) is 5.69 Å². The molecule has 1 amide bonds. The number of methoxy groups -OCH3 is 1. The number of phenols is 1. The van der Waals surface area contributed by atoms with Crippen LogP contribution in [0.25, 0.3) is 6.08 Å². The van der Waals surface area contributed by atoms with E-state index in [0.717, 1.165) is 17.7 Å². The predicted octanol–water partition coefficient (Wildman–Crippen LogP) is 5.72. The molecule has 0 spiro atoms. The van der Waals surface area contributed by atoms with E-state index < -0.39 is 0 Å². The van der Waals surface area contributed by atoms with Gasteiger partial charge in [0.25, 0.3) is 5.91 Å². The van der Waals surface area contributed by atoms with E-state index in [1.54, 1.807) is 11.0 Å². The van der Waals surface area contributed by atoms with Crippen LogP contribution in [0.2, 0.25) is 0 Å². The minimum atomic E-state index is -0.0581. The highest BCUT2D eigenvalue weighted by atomic mass is 127. The maximum atomic E-state index is 13.1. The zero-order chi connectivity index (χ0) is 21.1. The largest absolute Gasteiger partial charge is 0.504 e. The number of amidine groups is 1. The normalized spacial score (nSPS) is 18.0. The van der Waals surface area contributed by atoms with Crippen LogP contribution in [0.5, 0.6) is 11.5 Å². The quantitative estimate of drug-likeness (QED) is 0.404. The molecule has 1 aliphatic heterocycles. The number of nitrogens with zero attached hydrogens (tertiary/aromatic N) is 2. The van der Waals surface area contributed by atoms with Gasteiger partial charge < -0.3 is 9.84 Å². The number of halogens is 1. The second-order valence-electron chi connectivity index (χ2n) is 6.83. The number of carbonyl (C=O) groups is 1. The molecular formula is C22H23IN2O3S. The van der Waals surface area contributed by atoms with Gasteiger partial charge in [0, 0.05) is 6.04 Å². The lowest BCUT2D eigenvalue weighted by atomic mass is 10.1. The fraction of sp³-hybridized carbons (Fsp3) is 0.273. The Bertz CT molecular complexity index is 986. The van der Waals surface area contributed by atoms with Gasteiger partial charge in [-0.15, -0.1) is 0 Å². The summed E-state index contributed by atoms with van der Waals surface area (Å²) in [6.45, 7) is 6.12. The van der Waals surface area contributed by atoms with Crippen molar-refractivity contribution in [2.45, 2.75) is 33.2 Å². The van der Waals surface area contributed by atoms with Crippen LogP contribution in [0, 0.1) is 10.5 Å².